The lowest BCUT2D eigenvalue weighted by molar-refractivity contribution is 0.0778. The minimum atomic E-state index is 0.0693. The second-order valence-electron chi connectivity index (χ2n) is 7.69. The van der Waals surface area contributed by atoms with Crippen LogP contribution in [0.25, 0.3) is 0 Å². The van der Waals surface area contributed by atoms with Crippen molar-refractivity contribution < 1.29 is 9.26 Å². The average Bonchev–Trinajstić information content (AvgIpc) is 3.16. The van der Waals surface area contributed by atoms with Gasteiger partial charge in [-0.2, -0.15) is 4.98 Å². The van der Waals surface area contributed by atoms with Crippen LogP contribution in [0.15, 0.2) is 21.8 Å². The van der Waals surface area contributed by atoms with Crippen molar-refractivity contribution in [1.29, 1.82) is 0 Å². The smallest absolute Gasteiger partial charge is 0.256 e. The zero-order valence-electron chi connectivity index (χ0n) is 15.8. The Bertz CT molecular complexity index is 804. The summed E-state index contributed by atoms with van der Waals surface area (Å²) in [5, 5.41) is 4.17. The molecule has 2 saturated heterocycles. The van der Waals surface area contributed by atoms with Crippen LogP contribution >= 0.6 is 0 Å². The number of piperidine rings is 1. The standard InChI is InChI=1S/C19H27N5O3/c1-14-10-20-13-24(19(14)25)11-15-2-6-23(7-3-15)12-17-21-18(27-22-17)16-4-8-26-9-5-16/h10,13,15-16H,2-9,11-12H2,1H3. The van der Waals surface area contributed by atoms with Crippen molar-refractivity contribution in [3.05, 3.63) is 40.2 Å². The van der Waals surface area contributed by atoms with Gasteiger partial charge in [-0.15, -0.1) is 0 Å². The lowest BCUT2D eigenvalue weighted by Gasteiger charge is -2.31. The van der Waals surface area contributed by atoms with Crippen LogP contribution in [0, 0.1) is 12.8 Å². The predicted octanol–water partition coefficient (Wildman–Crippen LogP) is 1.74. The van der Waals surface area contributed by atoms with Gasteiger partial charge in [0.25, 0.3) is 5.56 Å². The second kappa shape index (κ2) is 8.31. The number of hydrogen-bond acceptors (Lipinski definition) is 7. The van der Waals surface area contributed by atoms with E-state index in [1.165, 1.54) is 0 Å². The maximum absolute atomic E-state index is 12.2. The molecule has 0 N–H and O–H groups in total. The zero-order chi connectivity index (χ0) is 18.6. The molecule has 2 aliphatic rings. The van der Waals surface area contributed by atoms with Crippen molar-refractivity contribution in [3.63, 3.8) is 0 Å². The molecule has 0 aromatic carbocycles. The van der Waals surface area contributed by atoms with E-state index in [2.05, 4.69) is 20.0 Å². The predicted molar refractivity (Wildman–Crippen MR) is 98.3 cm³/mol. The SMILES string of the molecule is Cc1cncn(CC2CCN(Cc3noc(C4CCOCC4)n3)CC2)c1=O. The molecule has 2 aliphatic heterocycles. The van der Waals surface area contributed by atoms with E-state index in [9.17, 15) is 4.79 Å². The van der Waals surface area contributed by atoms with Crippen molar-refractivity contribution in [2.45, 2.75) is 51.6 Å². The molecule has 8 nitrogen and oxygen atoms in total. The highest BCUT2D eigenvalue weighted by Gasteiger charge is 2.24. The maximum atomic E-state index is 12.2. The van der Waals surface area contributed by atoms with Gasteiger partial charge in [0, 0.05) is 37.4 Å². The lowest BCUT2D eigenvalue weighted by atomic mass is 9.96. The van der Waals surface area contributed by atoms with Crippen LogP contribution < -0.4 is 5.56 Å². The fourth-order valence-electron chi connectivity index (χ4n) is 3.94. The van der Waals surface area contributed by atoms with Crippen LogP contribution in [-0.2, 0) is 17.8 Å². The fourth-order valence-corrected chi connectivity index (χ4v) is 3.94. The van der Waals surface area contributed by atoms with Gasteiger partial charge in [-0.1, -0.05) is 5.16 Å². The highest BCUT2D eigenvalue weighted by atomic mass is 16.5. The van der Waals surface area contributed by atoms with E-state index in [1.54, 1.807) is 17.1 Å². The number of likely N-dealkylation sites (tertiary alicyclic amines) is 1. The summed E-state index contributed by atoms with van der Waals surface area (Å²) in [6.07, 6.45) is 7.32. The quantitative estimate of drug-likeness (QED) is 0.789. The molecule has 4 heterocycles. The number of nitrogens with zero attached hydrogens (tertiary/aromatic N) is 5. The first-order valence-corrected chi connectivity index (χ1v) is 9.82. The molecule has 0 atom stereocenters. The minimum Gasteiger partial charge on any atom is -0.381 e. The van der Waals surface area contributed by atoms with E-state index in [-0.39, 0.29) is 5.56 Å². The molecule has 0 unspecified atom stereocenters. The van der Waals surface area contributed by atoms with Crippen molar-refractivity contribution in [1.82, 2.24) is 24.6 Å². The molecule has 0 aliphatic carbocycles. The van der Waals surface area contributed by atoms with E-state index in [4.69, 9.17) is 9.26 Å². The van der Waals surface area contributed by atoms with Gasteiger partial charge in [-0.25, -0.2) is 4.98 Å². The van der Waals surface area contributed by atoms with Gasteiger partial charge in [0.15, 0.2) is 5.82 Å². The summed E-state index contributed by atoms with van der Waals surface area (Å²) in [6.45, 7) is 6.81. The molecular formula is C19H27N5O3. The summed E-state index contributed by atoms with van der Waals surface area (Å²) in [5.41, 5.74) is 0.771. The van der Waals surface area contributed by atoms with E-state index in [0.717, 1.165) is 76.8 Å². The van der Waals surface area contributed by atoms with Crippen LogP contribution in [0.3, 0.4) is 0 Å². The molecular weight excluding hydrogens is 346 g/mol. The first-order valence-electron chi connectivity index (χ1n) is 9.82. The molecule has 0 radical (unpaired) electrons. The monoisotopic (exact) mass is 373 g/mol. The molecule has 27 heavy (non-hydrogen) atoms. The molecule has 0 amide bonds. The van der Waals surface area contributed by atoms with E-state index in [0.29, 0.717) is 17.4 Å². The molecule has 2 fully saturated rings. The third-order valence-electron chi connectivity index (χ3n) is 5.65. The van der Waals surface area contributed by atoms with Gasteiger partial charge in [0.1, 0.15) is 0 Å². The number of ether oxygens (including phenoxy) is 1. The zero-order valence-corrected chi connectivity index (χ0v) is 15.8. The Hall–Kier alpha value is -2.06. The molecule has 4 rings (SSSR count). The largest absolute Gasteiger partial charge is 0.381 e. The summed E-state index contributed by atoms with van der Waals surface area (Å²) in [4.78, 5) is 23.3. The van der Waals surface area contributed by atoms with Crippen molar-refractivity contribution in [3.8, 4) is 0 Å². The Morgan fingerprint density at radius 2 is 1.96 bits per heavy atom. The summed E-state index contributed by atoms with van der Waals surface area (Å²) < 4.78 is 12.6. The van der Waals surface area contributed by atoms with Crippen molar-refractivity contribution in [2.75, 3.05) is 26.3 Å². The molecule has 0 bridgehead atoms. The van der Waals surface area contributed by atoms with Crippen LogP contribution in [0.2, 0.25) is 0 Å². The Morgan fingerprint density at radius 3 is 2.74 bits per heavy atom. The molecule has 8 heteroatoms. The Kier molecular flexibility index (Phi) is 5.63. The van der Waals surface area contributed by atoms with Crippen molar-refractivity contribution in [2.24, 2.45) is 5.92 Å². The van der Waals surface area contributed by atoms with Gasteiger partial charge in [-0.05, 0) is 51.6 Å². The summed E-state index contributed by atoms with van der Waals surface area (Å²) in [6, 6.07) is 0. The third-order valence-corrected chi connectivity index (χ3v) is 5.65. The highest BCUT2D eigenvalue weighted by Crippen LogP contribution is 2.26. The normalized spacial score (nSPS) is 20.2. The van der Waals surface area contributed by atoms with Gasteiger partial charge >= 0.3 is 0 Å². The minimum absolute atomic E-state index is 0.0693. The summed E-state index contributed by atoms with van der Waals surface area (Å²) >= 11 is 0. The molecule has 2 aromatic heterocycles. The molecule has 0 spiro atoms. The summed E-state index contributed by atoms with van der Waals surface area (Å²) in [7, 11) is 0. The van der Waals surface area contributed by atoms with Crippen molar-refractivity contribution >= 4 is 0 Å². The van der Waals surface area contributed by atoms with Crippen LogP contribution in [0.4, 0.5) is 0 Å². The van der Waals surface area contributed by atoms with Gasteiger partial charge in [0.05, 0.1) is 12.9 Å². The topological polar surface area (TPSA) is 86.3 Å². The first kappa shape index (κ1) is 18.3. The Balaban J connectivity index is 1.28. The number of hydrogen-bond donors (Lipinski definition) is 0. The number of rotatable bonds is 5. The van der Waals surface area contributed by atoms with Crippen LogP contribution in [-0.4, -0.2) is 50.9 Å². The average molecular weight is 373 g/mol. The van der Waals surface area contributed by atoms with Gasteiger partial charge < -0.3 is 9.26 Å². The third kappa shape index (κ3) is 4.44. The van der Waals surface area contributed by atoms with E-state index in [1.807, 2.05) is 6.92 Å². The van der Waals surface area contributed by atoms with Crippen LogP contribution in [0.1, 0.15) is 48.9 Å². The van der Waals surface area contributed by atoms with Gasteiger partial charge in [0.2, 0.25) is 5.89 Å². The molecule has 0 saturated carbocycles. The molecule has 2 aromatic rings. The van der Waals surface area contributed by atoms with Gasteiger partial charge in [-0.3, -0.25) is 14.3 Å². The number of aromatic nitrogens is 4. The Labute approximate surface area is 158 Å². The Morgan fingerprint density at radius 1 is 1.19 bits per heavy atom. The number of aryl methyl sites for hydroxylation is 1. The van der Waals surface area contributed by atoms with Crippen LogP contribution in [0.5, 0.6) is 0 Å². The summed E-state index contributed by atoms with van der Waals surface area (Å²) in [5.74, 6) is 2.38. The van der Waals surface area contributed by atoms with E-state index < -0.39 is 0 Å². The first-order chi connectivity index (χ1) is 13.2. The lowest BCUT2D eigenvalue weighted by Crippen LogP contribution is -2.36. The maximum Gasteiger partial charge on any atom is 0.256 e. The fraction of sp³-hybridized carbons (Fsp3) is 0.684. The van der Waals surface area contributed by atoms with E-state index >= 15 is 0 Å². The second-order valence-corrected chi connectivity index (χ2v) is 7.69. The molecule has 146 valence electrons. The highest BCUT2D eigenvalue weighted by molar-refractivity contribution is 5.01.